The molecule has 2 amide bonds. The second kappa shape index (κ2) is 8.69. The van der Waals surface area contributed by atoms with Crippen LogP contribution >= 0.6 is 0 Å². The van der Waals surface area contributed by atoms with E-state index in [9.17, 15) is 9.59 Å². The third-order valence-electron chi connectivity index (χ3n) is 6.70. The lowest BCUT2D eigenvalue weighted by atomic mass is 9.72. The molecule has 2 fully saturated rings. The molecule has 0 spiro atoms. The number of rotatable bonds is 6. The maximum Gasteiger partial charge on any atom is 0.249 e. The van der Waals surface area contributed by atoms with Gasteiger partial charge in [-0.3, -0.25) is 14.9 Å². The molecule has 2 saturated heterocycles. The van der Waals surface area contributed by atoms with E-state index in [4.69, 9.17) is 0 Å². The summed E-state index contributed by atoms with van der Waals surface area (Å²) in [7, 11) is 0. The minimum absolute atomic E-state index is 0. The van der Waals surface area contributed by atoms with Crippen LogP contribution in [0.5, 0.6) is 0 Å². The van der Waals surface area contributed by atoms with Crippen LogP contribution in [-0.2, 0) is 16.1 Å². The molecule has 0 radical (unpaired) electrons. The Bertz CT molecular complexity index is 877. The predicted octanol–water partition coefficient (Wildman–Crippen LogP) is 4.72. The standard InChI is InChI=1S/C24H31N3O2.CH4.H2/c1-4-11-24(12-5-2)15-26(16-24)18-7-8-19-17(13-18)14-27(20(19)6-3)21-9-10-22(28)25-23(21)29;;/h7-8,13,21H,3-5,9-12,14-16H2,1-2H3,(H,25,28,29);1H4;1H. The normalized spacial score (nSPS) is 22.1. The van der Waals surface area contributed by atoms with E-state index in [0.717, 1.165) is 24.4 Å². The maximum absolute atomic E-state index is 12.4. The summed E-state index contributed by atoms with van der Waals surface area (Å²) < 4.78 is 0. The first kappa shape index (κ1) is 22.2. The number of fused-ring (bicyclic) bond motifs is 1. The van der Waals surface area contributed by atoms with E-state index < -0.39 is 0 Å². The van der Waals surface area contributed by atoms with Crippen LogP contribution in [0, 0.1) is 5.41 Å². The molecule has 3 aliphatic rings. The highest BCUT2D eigenvalue weighted by Gasteiger charge is 2.42. The molecule has 3 heterocycles. The molecule has 1 N–H and O–H groups in total. The largest absolute Gasteiger partial charge is 0.370 e. The Morgan fingerprint density at radius 1 is 1.23 bits per heavy atom. The fourth-order valence-corrected chi connectivity index (χ4v) is 5.45. The molecule has 0 aromatic heterocycles. The molecule has 5 heteroatoms. The summed E-state index contributed by atoms with van der Waals surface area (Å²) in [5.41, 5.74) is 7.96. The molecule has 3 aliphatic heterocycles. The van der Waals surface area contributed by atoms with Crippen LogP contribution in [-0.4, -0.2) is 35.8 Å². The molecule has 0 bridgehead atoms. The zero-order chi connectivity index (χ0) is 20.6. The third-order valence-corrected chi connectivity index (χ3v) is 6.70. The number of hydrogen-bond donors (Lipinski definition) is 1. The van der Waals surface area contributed by atoms with Crippen LogP contribution in [0.3, 0.4) is 0 Å². The number of carbonyl (C=O) groups excluding carboxylic acids is 2. The Balaban J connectivity index is 0.00000171. The van der Waals surface area contributed by atoms with Crippen molar-refractivity contribution in [3.63, 3.8) is 0 Å². The molecule has 0 aliphatic carbocycles. The second-order valence-electron chi connectivity index (χ2n) is 8.82. The first-order chi connectivity index (χ1) is 14.0. The molecule has 0 saturated carbocycles. The van der Waals surface area contributed by atoms with Crippen LogP contribution in [0.1, 0.15) is 72.4 Å². The Labute approximate surface area is 182 Å². The summed E-state index contributed by atoms with van der Waals surface area (Å²) in [4.78, 5) is 28.4. The molecule has 164 valence electrons. The summed E-state index contributed by atoms with van der Waals surface area (Å²) in [6, 6.07) is 6.26. The molecule has 4 rings (SSSR count). The lowest BCUT2D eigenvalue weighted by Gasteiger charge is -2.52. The number of nitrogens with one attached hydrogen (secondary N) is 1. The summed E-state index contributed by atoms with van der Waals surface area (Å²) in [5, 5.41) is 2.47. The van der Waals surface area contributed by atoms with Crippen molar-refractivity contribution >= 4 is 23.2 Å². The van der Waals surface area contributed by atoms with Crippen molar-refractivity contribution in [3.05, 3.63) is 41.6 Å². The molecule has 1 aromatic carbocycles. The highest BCUT2D eigenvalue weighted by atomic mass is 16.2. The van der Waals surface area contributed by atoms with Gasteiger partial charge in [-0.1, -0.05) is 40.7 Å². The predicted molar refractivity (Wildman–Crippen MR) is 124 cm³/mol. The summed E-state index contributed by atoms with van der Waals surface area (Å²) in [6.07, 6.45) is 6.01. The SMILES string of the molecule is C.C=C=C1c2ccc(N3CC(CCC)(CCC)C3)cc2CN1C1CCC(=O)NC1=O.[HH]. The van der Waals surface area contributed by atoms with Crippen molar-refractivity contribution in [3.8, 4) is 0 Å². The number of anilines is 1. The molecule has 1 atom stereocenters. The van der Waals surface area contributed by atoms with Crippen LogP contribution in [0.25, 0.3) is 5.70 Å². The highest BCUT2D eigenvalue weighted by molar-refractivity contribution is 6.01. The minimum Gasteiger partial charge on any atom is -0.370 e. The van der Waals surface area contributed by atoms with Crippen molar-refractivity contribution in [2.24, 2.45) is 5.41 Å². The maximum atomic E-state index is 12.4. The van der Waals surface area contributed by atoms with Crippen molar-refractivity contribution in [2.75, 3.05) is 18.0 Å². The summed E-state index contributed by atoms with van der Waals surface area (Å²) >= 11 is 0. The van der Waals surface area contributed by atoms with Gasteiger partial charge in [0.15, 0.2) is 0 Å². The third kappa shape index (κ3) is 3.79. The van der Waals surface area contributed by atoms with Crippen LogP contribution < -0.4 is 10.2 Å². The molecule has 1 aromatic rings. The average Bonchev–Trinajstić information content (AvgIpc) is 3.03. The van der Waals surface area contributed by atoms with Crippen LogP contribution in [0.4, 0.5) is 5.69 Å². The number of nitrogens with zero attached hydrogens (tertiary/aromatic N) is 2. The quantitative estimate of drug-likeness (QED) is 0.543. The Morgan fingerprint density at radius 3 is 2.53 bits per heavy atom. The van der Waals surface area contributed by atoms with Crippen molar-refractivity contribution < 1.29 is 11.0 Å². The number of imide groups is 1. The van der Waals surface area contributed by atoms with Gasteiger partial charge in [0, 0.05) is 44.1 Å². The number of hydrogen-bond acceptors (Lipinski definition) is 4. The van der Waals surface area contributed by atoms with Crippen LogP contribution in [0.2, 0.25) is 0 Å². The van der Waals surface area contributed by atoms with Gasteiger partial charge in [0.25, 0.3) is 0 Å². The van der Waals surface area contributed by atoms with E-state index >= 15 is 0 Å². The number of amides is 2. The van der Waals surface area contributed by atoms with Crippen molar-refractivity contribution in [1.29, 1.82) is 0 Å². The number of piperidine rings is 1. The lowest BCUT2D eigenvalue weighted by Crippen LogP contribution is -2.56. The zero-order valence-corrected chi connectivity index (χ0v) is 17.6. The van der Waals surface area contributed by atoms with E-state index in [-0.39, 0.29) is 26.7 Å². The van der Waals surface area contributed by atoms with E-state index in [1.807, 2.05) is 0 Å². The van der Waals surface area contributed by atoms with Gasteiger partial charge in [0.05, 0.1) is 5.70 Å². The van der Waals surface area contributed by atoms with E-state index in [1.165, 1.54) is 36.9 Å². The highest BCUT2D eigenvalue weighted by Crippen LogP contribution is 2.44. The molecule has 5 nitrogen and oxygen atoms in total. The molecule has 1 unspecified atom stereocenters. The second-order valence-corrected chi connectivity index (χ2v) is 8.82. The number of benzene rings is 1. The van der Waals surface area contributed by atoms with E-state index in [2.05, 4.69) is 59.5 Å². The Morgan fingerprint density at radius 2 is 1.93 bits per heavy atom. The van der Waals surface area contributed by atoms with Gasteiger partial charge in [-0.2, -0.15) is 0 Å². The first-order valence-corrected chi connectivity index (χ1v) is 10.9. The topological polar surface area (TPSA) is 52.6 Å². The summed E-state index contributed by atoms with van der Waals surface area (Å²) in [6.45, 7) is 11.3. The molecular formula is C25H37N3O2. The van der Waals surface area contributed by atoms with Gasteiger partial charge >= 0.3 is 0 Å². The van der Waals surface area contributed by atoms with Gasteiger partial charge in [-0.05, 0) is 43.0 Å². The Hall–Kier alpha value is -2.52. The fourth-order valence-electron chi connectivity index (χ4n) is 5.45. The van der Waals surface area contributed by atoms with Crippen LogP contribution in [0.15, 0.2) is 30.5 Å². The van der Waals surface area contributed by atoms with Crippen molar-refractivity contribution in [1.82, 2.24) is 10.2 Å². The van der Waals surface area contributed by atoms with Gasteiger partial charge in [0.2, 0.25) is 11.8 Å². The minimum atomic E-state index is -0.335. The average molecular weight is 412 g/mol. The van der Waals surface area contributed by atoms with Gasteiger partial charge < -0.3 is 9.80 Å². The van der Waals surface area contributed by atoms with E-state index in [1.54, 1.807) is 0 Å². The zero-order valence-electron chi connectivity index (χ0n) is 17.6. The molecule has 30 heavy (non-hydrogen) atoms. The van der Waals surface area contributed by atoms with Gasteiger partial charge in [0.1, 0.15) is 6.04 Å². The van der Waals surface area contributed by atoms with E-state index in [0.29, 0.717) is 24.8 Å². The lowest BCUT2D eigenvalue weighted by molar-refractivity contribution is -0.136. The first-order valence-electron chi connectivity index (χ1n) is 10.9. The van der Waals surface area contributed by atoms with Gasteiger partial charge in [-0.25, -0.2) is 0 Å². The Kier molecular flexibility index (Phi) is 6.42. The number of carbonyl (C=O) groups is 2. The van der Waals surface area contributed by atoms with Crippen molar-refractivity contribution in [2.45, 2.75) is 72.4 Å². The van der Waals surface area contributed by atoms with Gasteiger partial charge in [-0.15, -0.1) is 5.73 Å². The summed E-state index contributed by atoms with van der Waals surface area (Å²) in [5.74, 6) is -0.400. The monoisotopic (exact) mass is 411 g/mol. The smallest absolute Gasteiger partial charge is 0.249 e. The fraction of sp³-hybridized carbons (Fsp3) is 0.560. The molecular weight excluding hydrogens is 374 g/mol.